The van der Waals surface area contributed by atoms with Gasteiger partial charge in [-0.15, -0.1) is 22.7 Å². The van der Waals surface area contributed by atoms with Crippen molar-refractivity contribution < 1.29 is 0 Å². The zero-order valence-electron chi connectivity index (χ0n) is 8.63. The molecule has 3 aromatic heterocycles. The van der Waals surface area contributed by atoms with E-state index >= 15 is 0 Å². The first kappa shape index (κ1) is 10.9. The van der Waals surface area contributed by atoms with E-state index < -0.39 is 0 Å². The summed E-state index contributed by atoms with van der Waals surface area (Å²) in [7, 11) is 0. The molecule has 0 atom stereocenters. The minimum absolute atomic E-state index is 0.286. The van der Waals surface area contributed by atoms with E-state index in [9.17, 15) is 0 Å². The molecule has 0 bridgehead atoms. The van der Waals surface area contributed by atoms with E-state index in [4.69, 9.17) is 11.6 Å². The van der Waals surface area contributed by atoms with Gasteiger partial charge in [0, 0.05) is 16.0 Å². The minimum atomic E-state index is 0.286. The standard InChI is InChI=1S/C12H7ClN2S2/c13-12-14-6-5-8(15-12)9-3-4-11(17-9)10-2-1-7-16-10/h1-7H. The van der Waals surface area contributed by atoms with Crippen molar-refractivity contribution in [1.82, 2.24) is 9.97 Å². The molecule has 0 amide bonds. The maximum Gasteiger partial charge on any atom is 0.222 e. The van der Waals surface area contributed by atoms with Crippen LogP contribution in [0.25, 0.3) is 20.3 Å². The largest absolute Gasteiger partial charge is 0.226 e. The highest BCUT2D eigenvalue weighted by Gasteiger charge is 2.07. The van der Waals surface area contributed by atoms with Crippen LogP contribution >= 0.6 is 34.3 Å². The first-order chi connectivity index (χ1) is 8.33. The van der Waals surface area contributed by atoms with Crippen molar-refractivity contribution >= 4 is 34.3 Å². The third kappa shape index (κ3) is 2.24. The van der Waals surface area contributed by atoms with Crippen LogP contribution in [0.2, 0.25) is 5.28 Å². The lowest BCUT2D eigenvalue weighted by molar-refractivity contribution is 1.18. The van der Waals surface area contributed by atoms with Crippen molar-refractivity contribution in [2.24, 2.45) is 0 Å². The molecule has 84 valence electrons. The molecule has 0 aliphatic rings. The Bertz CT molecular complexity index is 632. The fourth-order valence-corrected chi connectivity index (χ4v) is 3.46. The average molecular weight is 279 g/mol. The summed E-state index contributed by atoms with van der Waals surface area (Å²) in [5.74, 6) is 0. The quantitative estimate of drug-likeness (QED) is 0.641. The molecule has 5 heteroatoms. The van der Waals surface area contributed by atoms with Gasteiger partial charge in [0.25, 0.3) is 0 Å². The van der Waals surface area contributed by atoms with Gasteiger partial charge in [0.05, 0.1) is 10.6 Å². The maximum absolute atomic E-state index is 5.79. The molecule has 0 saturated heterocycles. The van der Waals surface area contributed by atoms with Gasteiger partial charge in [-0.3, -0.25) is 0 Å². The Morgan fingerprint density at radius 3 is 2.65 bits per heavy atom. The highest BCUT2D eigenvalue weighted by atomic mass is 35.5. The molecule has 0 aliphatic carbocycles. The second kappa shape index (κ2) is 4.56. The Balaban J connectivity index is 2.01. The highest BCUT2D eigenvalue weighted by Crippen LogP contribution is 2.35. The molecule has 3 rings (SSSR count). The summed E-state index contributed by atoms with van der Waals surface area (Å²) in [5.41, 5.74) is 0.873. The van der Waals surface area contributed by atoms with Crippen molar-refractivity contribution in [3.05, 3.63) is 47.2 Å². The van der Waals surface area contributed by atoms with Crippen LogP contribution in [-0.4, -0.2) is 9.97 Å². The van der Waals surface area contributed by atoms with Crippen LogP contribution in [0, 0.1) is 0 Å². The monoisotopic (exact) mass is 278 g/mol. The number of thiophene rings is 2. The van der Waals surface area contributed by atoms with Crippen LogP contribution in [0.4, 0.5) is 0 Å². The van der Waals surface area contributed by atoms with Crippen LogP contribution in [0.3, 0.4) is 0 Å². The van der Waals surface area contributed by atoms with Gasteiger partial charge in [0.2, 0.25) is 5.28 Å². The van der Waals surface area contributed by atoms with Crippen molar-refractivity contribution in [3.8, 4) is 20.3 Å². The molecule has 0 N–H and O–H groups in total. The summed E-state index contributed by atoms with van der Waals surface area (Å²) in [6.07, 6.45) is 1.68. The van der Waals surface area contributed by atoms with Gasteiger partial charge in [-0.25, -0.2) is 9.97 Å². The van der Waals surface area contributed by atoms with E-state index in [0.29, 0.717) is 0 Å². The molecule has 0 fully saturated rings. The first-order valence-corrected chi connectivity index (χ1v) is 7.03. The Kier molecular flexibility index (Phi) is 2.93. The van der Waals surface area contributed by atoms with E-state index in [-0.39, 0.29) is 5.28 Å². The normalized spacial score (nSPS) is 10.6. The first-order valence-electron chi connectivity index (χ1n) is 4.95. The van der Waals surface area contributed by atoms with Gasteiger partial charge in [0.15, 0.2) is 0 Å². The van der Waals surface area contributed by atoms with Gasteiger partial charge < -0.3 is 0 Å². The van der Waals surface area contributed by atoms with Crippen LogP contribution in [0.15, 0.2) is 41.9 Å². The van der Waals surface area contributed by atoms with Gasteiger partial charge in [0.1, 0.15) is 0 Å². The Morgan fingerprint density at radius 1 is 1.00 bits per heavy atom. The molecule has 3 aromatic rings. The number of aromatic nitrogens is 2. The number of rotatable bonds is 2. The lowest BCUT2D eigenvalue weighted by Crippen LogP contribution is -1.83. The van der Waals surface area contributed by atoms with Gasteiger partial charge in [-0.05, 0) is 41.2 Å². The summed E-state index contributed by atoms with van der Waals surface area (Å²) in [5, 5.41) is 2.37. The Hall–Kier alpha value is -1.23. The van der Waals surface area contributed by atoms with Crippen LogP contribution < -0.4 is 0 Å². The van der Waals surface area contributed by atoms with Crippen molar-refractivity contribution in [3.63, 3.8) is 0 Å². The summed E-state index contributed by atoms with van der Waals surface area (Å²) in [6.45, 7) is 0. The molecule has 0 unspecified atom stereocenters. The lowest BCUT2D eigenvalue weighted by atomic mass is 10.3. The van der Waals surface area contributed by atoms with E-state index in [1.54, 1.807) is 28.9 Å². The van der Waals surface area contributed by atoms with Crippen molar-refractivity contribution in [2.45, 2.75) is 0 Å². The van der Waals surface area contributed by atoms with Gasteiger partial charge in [-0.1, -0.05) is 6.07 Å². The third-order valence-corrected chi connectivity index (χ3v) is 4.60. The summed E-state index contributed by atoms with van der Waals surface area (Å²) < 4.78 is 0. The molecule has 0 saturated carbocycles. The molecule has 3 heterocycles. The molecule has 0 spiro atoms. The van der Waals surface area contributed by atoms with Gasteiger partial charge >= 0.3 is 0 Å². The summed E-state index contributed by atoms with van der Waals surface area (Å²) >= 11 is 9.24. The zero-order chi connectivity index (χ0) is 11.7. The topological polar surface area (TPSA) is 25.8 Å². The summed E-state index contributed by atoms with van der Waals surface area (Å²) in [6, 6.07) is 10.2. The average Bonchev–Trinajstić information content (AvgIpc) is 3.00. The molecule has 17 heavy (non-hydrogen) atoms. The summed E-state index contributed by atoms with van der Waals surface area (Å²) in [4.78, 5) is 11.7. The molecular weight excluding hydrogens is 272 g/mol. The van der Waals surface area contributed by atoms with Crippen LogP contribution in [0.5, 0.6) is 0 Å². The maximum atomic E-state index is 5.79. The number of nitrogens with zero attached hydrogens (tertiary/aromatic N) is 2. The SMILES string of the molecule is Clc1nccc(-c2ccc(-c3cccs3)s2)n1. The number of hydrogen-bond donors (Lipinski definition) is 0. The van der Waals surface area contributed by atoms with E-state index in [1.807, 2.05) is 6.07 Å². The van der Waals surface area contributed by atoms with Crippen LogP contribution in [-0.2, 0) is 0 Å². The van der Waals surface area contributed by atoms with E-state index in [0.717, 1.165) is 10.6 Å². The zero-order valence-corrected chi connectivity index (χ0v) is 11.0. The second-order valence-electron chi connectivity index (χ2n) is 3.35. The Morgan fingerprint density at radius 2 is 1.88 bits per heavy atom. The molecule has 2 nitrogen and oxygen atoms in total. The molecular formula is C12H7ClN2S2. The predicted molar refractivity (Wildman–Crippen MR) is 73.7 cm³/mol. The molecule has 0 aliphatic heterocycles. The Labute approximate surface area is 112 Å². The van der Waals surface area contributed by atoms with E-state index in [1.165, 1.54) is 9.75 Å². The minimum Gasteiger partial charge on any atom is -0.226 e. The van der Waals surface area contributed by atoms with Crippen molar-refractivity contribution in [1.29, 1.82) is 0 Å². The second-order valence-corrected chi connectivity index (χ2v) is 5.72. The highest BCUT2D eigenvalue weighted by molar-refractivity contribution is 7.23. The van der Waals surface area contributed by atoms with E-state index in [2.05, 4.69) is 39.6 Å². The number of halogens is 1. The lowest BCUT2D eigenvalue weighted by Gasteiger charge is -1.95. The fraction of sp³-hybridized carbons (Fsp3) is 0. The third-order valence-electron chi connectivity index (χ3n) is 2.25. The number of hydrogen-bond acceptors (Lipinski definition) is 4. The van der Waals surface area contributed by atoms with Gasteiger partial charge in [-0.2, -0.15) is 0 Å². The molecule has 0 aromatic carbocycles. The predicted octanol–water partition coefficient (Wildman–Crippen LogP) is 4.59. The fourth-order valence-electron chi connectivity index (χ4n) is 1.50. The van der Waals surface area contributed by atoms with Crippen molar-refractivity contribution in [2.75, 3.05) is 0 Å². The molecule has 0 radical (unpaired) electrons. The smallest absolute Gasteiger partial charge is 0.222 e. The van der Waals surface area contributed by atoms with Crippen LogP contribution in [0.1, 0.15) is 0 Å².